The van der Waals surface area contributed by atoms with Crippen LogP contribution < -0.4 is 16.0 Å². The first-order valence-corrected chi connectivity index (χ1v) is 10.7. The predicted molar refractivity (Wildman–Crippen MR) is 116 cm³/mol. The number of rotatable bonds is 6. The zero-order valence-corrected chi connectivity index (χ0v) is 17.4. The van der Waals surface area contributed by atoms with Gasteiger partial charge in [-0.3, -0.25) is 4.79 Å². The molecule has 0 unspecified atom stereocenters. The second-order valence-corrected chi connectivity index (χ2v) is 7.69. The van der Waals surface area contributed by atoms with Crippen LogP contribution in [0, 0.1) is 6.92 Å². The van der Waals surface area contributed by atoms with Crippen molar-refractivity contribution in [3.63, 3.8) is 0 Å². The normalized spacial score (nSPS) is 13.0. The molecule has 0 aliphatic heterocycles. The van der Waals surface area contributed by atoms with Crippen molar-refractivity contribution in [2.45, 2.75) is 30.8 Å². The minimum atomic E-state index is -0.296. The molecule has 1 fully saturated rings. The fourth-order valence-corrected chi connectivity index (χ4v) is 3.50. The topological polar surface area (TPSA) is 109 Å². The van der Waals surface area contributed by atoms with Crippen LogP contribution in [0.4, 0.5) is 16.2 Å². The molecule has 3 aromatic rings. The van der Waals surface area contributed by atoms with Gasteiger partial charge in [0.1, 0.15) is 5.03 Å². The molecule has 0 bridgehead atoms. The third-order valence-electron chi connectivity index (χ3n) is 4.53. The summed E-state index contributed by atoms with van der Waals surface area (Å²) >= 11 is 1.37. The highest BCUT2D eigenvalue weighted by Gasteiger charge is 2.23. The number of aryl methyl sites for hydroxylation is 1. The van der Waals surface area contributed by atoms with Crippen molar-refractivity contribution in [2.75, 3.05) is 16.9 Å². The molecule has 1 aromatic carbocycles. The number of carbonyl (C=O) groups excluding carboxylic acids is 2. The highest BCUT2D eigenvalue weighted by molar-refractivity contribution is 7.98. The lowest BCUT2D eigenvalue weighted by molar-refractivity contribution is 0.102. The standard InChI is InChI=1S/C21H21N5O3S/c1-12-17(20(30-2)26-18(22-12)16-4-3-11-29-16)19(27)23-13-5-7-14(8-6-13)24-21(28)25-15-9-10-15/h3-8,11,15H,9-10H2,1-2H3,(H,23,27)(H2,24,25,28). The number of nitrogens with one attached hydrogen (secondary N) is 3. The van der Waals surface area contributed by atoms with E-state index in [2.05, 4.69) is 25.9 Å². The van der Waals surface area contributed by atoms with Crippen LogP contribution in [-0.2, 0) is 0 Å². The molecule has 2 heterocycles. The van der Waals surface area contributed by atoms with Crippen LogP contribution in [0.25, 0.3) is 11.6 Å². The van der Waals surface area contributed by atoms with Gasteiger partial charge in [0.25, 0.3) is 5.91 Å². The van der Waals surface area contributed by atoms with Crippen LogP contribution in [0.1, 0.15) is 28.9 Å². The number of aromatic nitrogens is 2. The van der Waals surface area contributed by atoms with E-state index >= 15 is 0 Å². The van der Waals surface area contributed by atoms with Crippen LogP contribution in [0.15, 0.2) is 52.1 Å². The third kappa shape index (κ3) is 4.62. The van der Waals surface area contributed by atoms with Crippen molar-refractivity contribution in [3.8, 4) is 11.6 Å². The number of nitrogens with zero attached hydrogens (tertiary/aromatic N) is 2. The van der Waals surface area contributed by atoms with Crippen molar-refractivity contribution in [2.24, 2.45) is 0 Å². The number of furan rings is 1. The summed E-state index contributed by atoms with van der Waals surface area (Å²) in [5, 5.41) is 9.08. The largest absolute Gasteiger partial charge is 0.461 e. The average molecular weight is 423 g/mol. The van der Waals surface area contributed by atoms with E-state index in [0.29, 0.717) is 45.3 Å². The van der Waals surface area contributed by atoms with E-state index in [-0.39, 0.29) is 11.9 Å². The minimum Gasteiger partial charge on any atom is -0.461 e. The Kier molecular flexibility index (Phi) is 5.71. The molecule has 30 heavy (non-hydrogen) atoms. The molecule has 9 heteroatoms. The monoisotopic (exact) mass is 423 g/mol. The zero-order valence-electron chi connectivity index (χ0n) is 16.6. The molecule has 4 rings (SSSR count). The van der Waals surface area contributed by atoms with E-state index in [9.17, 15) is 9.59 Å². The number of thioether (sulfide) groups is 1. The predicted octanol–water partition coefficient (Wildman–Crippen LogP) is 4.30. The van der Waals surface area contributed by atoms with Gasteiger partial charge in [-0.25, -0.2) is 14.8 Å². The summed E-state index contributed by atoms with van der Waals surface area (Å²) in [6, 6.07) is 10.6. The lowest BCUT2D eigenvalue weighted by Gasteiger charge is -2.12. The maximum absolute atomic E-state index is 12.9. The Hall–Kier alpha value is -3.33. The molecule has 1 aliphatic carbocycles. The molecule has 3 N–H and O–H groups in total. The summed E-state index contributed by atoms with van der Waals surface area (Å²) < 4.78 is 5.36. The first kappa shape index (κ1) is 20.0. The van der Waals surface area contributed by atoms with Crippen LogP contribution >= 0.6 is 11.8 Å². The number of urea groups is 1. The van der Waals surface area contributed by atoms with Gasteiger partial charge in [0.05, 0.1) is 17.5 Å². The Labute approximate surface area is 177 Å². The number of anilines is 2. The summed E-state index contributed by atoms with van der Waals surface area (Å²) in [5.41, 5.74) is 2.24. The molecule has 1 aliphatic rings. The lowest BCUT2D eigenvalue weighted by atomic mass is 10.2. The number of hydrogen-bond acceptors (Lipinski definition) is 6. The van der Waals surface area contributed by atoms with Gasteiger partial charge in [-0.05, 0) is 62.4 Å². The highest BCUT2D eigenvalue weighted by atomic mass is 32.2. The van der Waals surface area contributed by atoms with Crippen LogP contribution in [0.5, 0.6) is 0 Å². The van der Waals surface area contributed by atoms with Gasteiger partial charge in [0, 0.05) is 17.4 Å². The van der Waals surface area contributed by atoms with Crippen LogP contribution in [0.2, 0.25) is 0 Å². The minimum absolute atomic E-state index is 0.219. The van der Waals surface area contributed by atoms with Crippen LogP contribution in [-0.4, -0.2) is 34.2 Å². The number of benzene rings is 1. The van der Waals surface area contributed by atoms with Gasteiger partial charge in [0.2, 0.25) is 0 Å². The van der Waals surface area contributed by atoms with Gasteiger partial charge < -0.3 is 20.4 Å². The van der Waals surface area contributed by atoms with Crippen molar-refractivity contribution < 1.29 is 14.0 Å². The van der Waals surface area contributed by atoms with Crippen molar-refractivity contribution in [1.29, 1.82) is 0 Å². The fourth-order valence-electron chi connectivity index (χ4n) is 2.88. The van der Waals surface area contributed by atoms with Crippen LogP contribution in [0.3, 0.4) is 0 Å². The first-order valence-electron chi connectivity index (χ1n) is 9.49. The summed E-state index contributed by atoms with van der Waals surface area (Å²) in [6.07, 6.45) is 5.48. The second-order valence-electron chi connectivity index (χ2n) is 6.90. The summed E-state index contributed by atoms with van der Waals surface area (Å²) in [6.45, 7) is 1.77. The maximum Gasteiger partial charge on any atom is 0.319 e. The molecule has 0 radical (unpaired) electrons. The molecule has 0 atom stereocenters. The van der Waals surface area contributed by atoms with Gasteiger partial charge in [-0.15, -0.1) is 11.8 Å². The lowest BCUT2D eigenvalue weighted by Crippen LogP contribution is -2.30. The SMILES string of the molecule is CSc1nc(-c2ccco2)nc(C)c1C(=O)Nc1ccc(NC(=O)NC2CC2)cc1. The van der Waals surface area contributed by atoms with E-state index in [1.807, 2.05) is 6.26 Å². The quantitative estimate of drug-likeness (QED) is 0.403. The zero-order chi connectivity index (χ0) is 21.1. The third-order valence-corrected chi connectivity index (χ3v) is 5.21. The second kappa shape index (κ2) is 8.58. The number of amides is 3. The molecule has 0 spiro atoms. The average Bonchev–Trinajstić information content (AvgIpc) is 3.36. The Morgan fingerprint density at radius 2 is 1.77 bits per heavy atom. The molecule has 3 amide bonds. The smallest absolute Gasteiger partial charge is 0.319 e. The maximum atomic E-state index is 12.9. The fraction of sp³-hybridized carbons (Fsp3) is 0.238. The summed E-state index contributed by atoms with van der Waals surface area (Å²) in [4.78, 5) is 33.6. The van der Waals surface area contributed by atoms with Crippen molar-refractivity contribution in [3.05, 3.63) is 53.9 Å². The summed E-state index contributed by atoms with van der Waals surface area (Å²) in [5.74, 6) is 0.697. The summed E-state index contributed by atoms with van der Waals surface area (Å²) in [7, 11) is 0. The molecule has 8 nitrogen and oxygen atoms in total. The van der Waals surface area contributed by atoms with Crippen molar-refractivity contribution >= 4 is 35.1 Å². The van der Waals surface area contributed by atoms with Gasteiger partial charge in [-0.1, -0.05) is 0 Å². The Morgan fingerprint density at radius 1 is 1.07 bits per heavy atom. The van der Waals surface area contributed by atoms with E-state index in [1.165, 1.54) is 11.8 Å². The van der Waals surface area contributed by atoms with E-state index in [4.69, 9.17) is 4.42 Å². The van der Waals surface area contributed by atoms with Gasteiger partial charge >= 0.3 is 6.03 Å². The van der Waals surface area contributed by atoms with E-state index in [1.54, 1.807) is 49.6 Å². The highest BCUT2D eigenvalue weighted by Crippen LogP contribution is 2.26. The Morgan fingerprint density at radius 3 is 2.37 bits per heavy atom. The molecule has 0 saturated heterocycles. The Bertz CT molecular complexity index is 1060. The van der Waals surface area contributed by atoms with Gasteiger partial charge in [-0.2, -0.15) is 0 Å². The molecular weight excluding hydrogens is 402 g/mol. The van der Waals surface area contributed by atoms with E-state index in [0.717, 1.165) is 12.8 Å². The van der Waals surface area contributed by atoms with E-state index < -0.39 is 0 Å². The van der Waals surface area contributed by atoms with Crippen molar-refractivity contribution in [1.82, 2.24) is 15.3 Å². The molecule has 154 valence electrons. The molecule has 2 aromatic heterocycles. The Balaban J connectivity index is 1.47. The molecule has 1 saturated carbocycles. The molecular formula is C21H21N5O3S. The van der Waals surface area contributed by atoms with Gasteiger partial charge in [0.15, 0.2) is 11.6 Å². The number of carbonyl (C=O) groups is 2. The number of hydrogen-bond donors (Lipinski definition) is 3. The first-order chi connectivity index (χ1) is 14.5.